The molecule has 0 saturated carbocycles. The number of nitrogens with two attached hydrogens (primary N) is 1. The molecule has 0 aliphatic carbocycles. The lowest BCUT2D eigenvalue weighted by Gasteiger charge is -2.17. The minimum Gasteiger partial charge on any atom is -0.326 e. The molecule has 0 aromatic heterocycles. The van der Waals surface area contributed by atoms with Gasteiger partial charge in [0.1, 0.15) is 5.82 Å². The molecular weight excluding hydrogens is 259 g/mol. The van der Waals surface area contributed by atoms with Gasteiger partial charge in [-0.05, 0) is 18.2 Å². The van der Waals surface area contributed by atoms with Gasteiger partial charge >= 0.3 is 0 Å². The summed E-state index contributed by atoms with van der Waals surface area (Å²) in [6.45, 7) is 0.197. The van der Waals surface area contributed by atoms with E-state index in [1.54, 1.807) is 0 Å². The van der Waals surface area contributed by atoms with Crippen molar-refractivity contribution in [2.75, 3.05) is 17.7 Å². The highest BCUT2D eigenvalue weighted by atomic mass is 32.2. The average molecular weight is 272 g/mol. The van der Waals surface area contributed by atoms with Crippen LogP contribution in [0.25, 0.3) is 0 Å². The van der Waals surface area contributed by atoms with Crippen LogP contribution in [-0.4, -0.2) is 33.2 Å². The van der Waals surface area contributed by atoms with Gasteiger partial charge in [0, 0.05) is 25.3 Å². The first-order valence-electron chi connectivity index (χ1n) is 5.34. The molecule has 1 amide bonds. The summed E-state index contributed by atoms with van der Waals surface area (Å²) in [5.41, 5.74) is 5.59. The van der Waals surface area contributed by atoms with E-state index in [9.17, 15) is 17.6 Å². The molecule has 98 valence electrons. The molecule has 1 fully saturated rings. The highest BCUT2D eigenvalue weighted by molar-refractivity contribution is 7.90. The Hall–Kier alpha value is -1.47. The summed E-state index contributed by atoms with van der Waals surface area (Å²) in [7, 11) is -3.44. The molecule has 1 aromatic carbocycles. The molecule has 1 aliphatic heterocycles. The van der Waals surface area contributed by atoms with Crippen molar-refractivity contribution in [3.8, 4) is 0 Å². The number of hydrogen-bond donors (Lipinski definition) is 1. The number of nitrogens with zero attached hydrogens (tertiary/aromatic N) is 1. The van der Waals surface area contributed by atoms with Gasteiger partial charge < -0.3 is 10.6 Å². The van der Waals surface area contributed by atoms with Gasteiger partial charge in [-0.25, -0.2) is 12.8 Å². The third kappa shape index (κ3) is 2.37. The van der Waals surface area contributed by atoms with Crippen molar-refractivity contribution in [3.63, 3.8) is 0 Å². The Bertz CT molecular complexity index is 600. The van der Waals surface area contributed by atoms with Crippen LogP contribution >= 0.6 is 0 Å². The molecule has 1 unspecified atom stereocenters. The summed E-state index contributed by atoms with van der Waals surface area (Å²) in [6, 6.07) is 3.04. The summed E-state index contributed by atoms with van der Waals surface area (Å²) in [5, 5.41) is 0. The fourth-order valence-corrected chi connectivity index (χ4v) is 2.54. The monoisotopic (exact) mass is 272 g/mol. The Labute approximate surface area is 104 Å². The van der Waals surface area contributed by atoms with Crippen LogP contribution in [0.3, 0.4) is 0 Å². The van der Waals surface area contributed by atoms with E-state index < -0.39 is 15.7 Å². The molecule has 0 bridgehead atoms. The number of benzene rings is 1. The molecule has 0 radical (unpaired) electrons. The quantitative estimate of drug-likeness (QED) is 0.785. The number of hydrogen-bond acceptors (Lipinski definition) is 4. The number of carbonyl (C=O) groups is 1. The summed E-state index contributed by atoms with van der Waals surface area (Å²) in [4.78, 5) is 12.8. The van der Waals surface area contributed by atoms with Crippen molar-refractivity contribution >= 4 is 21.4 Å². The van der Waals surface area contributed by atoms with Crippen molar-refractivity contribution in [1.29, 1.82) is 0 Å². The van der Waals surface area contributed by atoms with Crippen molar-refractivity contribution < 1.29 is 17.6 Å². The highest BCUT2D eigenvalue weighted by Crippen LogP contribution is 2.27. The lowest BCUT2D eigenvalue weighted by atomic mass is 10.3. The first kappa shape index (κ1) is 13.0. The van der Waals surface area contributed by atoms with E-state index in [-0.39, 0.29) is 35.5 Å². The van der Waals surface area contributed by atoms with E-state index in [4.69, 9.17) is 5.73 Å². The fraction of sp³-hybridized carbons (Fsp3) is 0.364. The standard InChI is InChI=1S/C11H13FN2O3S/c1-18(16,17)8-2-3-9(12)10(5-8)14-6-7(13)4-11(14)15/h2-3,5,7H,4,6,13H2,1H3. The molecule has 18 heavy (non-hydrogen) atoms. The molecular formula is C11H13FN2O3S. The van der Waals surface area contributed by atoms with Gasteiger partial charge in [0.2, 0.25) is 5.91 Å². The molecule has 1 heterocycles. The van der Waals surface area contributed by atoms with Gasteiger partial charge in [0.25, 0.3) is 0 Å². The Morgan fingerprint density at radius 1 is 1.44 bits per heavy atom. The topological polar surface area (TPSA) is 80.5 Å². The second-order valence-electron chi connectivity index (χ2n) is 4.35. The second-order valence-corrected chi connectivity index (χ2v) is 6.37. The van der Waals surface area contributed by atoms with E-state index >= 15 is 0 Å². The molecule has 1 atom stereocenters. The van der Waals surface area contributed by atoms with Crippen LogP contribution in [0.2, 0.25) is 0 Å². The van der Waals surface area contributed by atoms with E-state index in [1.165, 1.54) is 17.0 Å². The first-order chi connectivity index (χ1) is 8.29. The molecule has 2 rings (SSSR count). The van der Waals surface area contributed by atoms with Gasteiger partial charge in [0.15, 0.2) is 9.84 Å². The third-order valence-electron chi connectivity index (χ3n) is 2.79. The summed E-state index contributed by atoms with van der Waals surface area (Å²) < 4.78 is 36.5. The lowest BCUT2D eigenvalue weighted by molar-refractivity contribution is -0.117. The largest absolute Gasteiger partial charge is 0.326 e. The van der Waals surface area contributed by atoms with Crippen LogP contribution in [0.15, 0.2) is 23.1 Å². The maximum absolute atomic E-state index is 13.7. The summed E-state index contributed by atoms with van der Waals surface area (Å²) in [6.07, 6.45) is 1.17. The molecule has 5 nitrogen and oxygen atoms in total. The lowest BCUT2D eigenvalue weighted by Crippen LogP contribution is -2.28. The normalized spacial score (nSPS) is 20.5. The number of rotatable bonds is 2. The predicted molar refractivity (Wildman–Crippen MR) is 64.5 cm³/mol. The van der Waals surface area contributed by atoms with Gasteiger partial charge in [-0.15, -0.1) is 0 Å². The molecule has 1 aliphatic rings. The highest BCUT2D eigenvalue weighted by Gasteiger charge is 2.30. The zero-order valence-corrected chi connectivity index (χ0v) is 10.6. The molecule has 1 aromatic rings. The van der Waals surface area contributed by atoms with Crippen molar-refractivity contribution in [3.05, 3.63) is 24.0 Å². The van der Waals surface area contributed by atoms with Crippen LogP contribution in [0.1, 0.15) is 6.42 Å². The Morgan fingerprint density at radius 3 is 2.61 bits per heavy atom. The van der Waals surface area contributed by atoms with Crippen molar-refractivity contribution in [2.24, 2.45) is 5.73 Å². The Kier molecular flexibility index (Phi) is 3.12. The molecule has 7 heteroatoms. The molecule has 2 N–H and O–H groups in total. The minimum absolute atomic E-state index is 0.0211. The minimum atomic E-state index is -3.44. The Morgan fingerprint density at radius 2 is 2.11 bits per heavy atom. The Balaban J connectivity index is 2.48. The predicted octanol–water partition coefficient (Wildman–Crippen LogP) is 0.293. The number of halogens is 1. The van der Waals surface area contributed by atoms with E-state index in [1.807, 2.05) is 0 Å². The van der Waals surface area contributed by atoms with Gasteiger partial charge in [-0.1, -0.05) is 0 Å². The van der Waals surface area contributed by atoms with Crippen LogP contribution in [0.5, 0.6) is 0 Å². The number of anilines is 1. The zero-order valence-electron chi connectivity index (χ0n) is 9.76. The van der Waals surface area contributed by atoms with Crippen LogP contribution < -0.4 is 10.6 Å². The van der Waals surface area contributed by atoms with Crippen LogP contribution in [0.4, 0.5) is 10.1 Å². The van der Waals surface area contributed by atoms with Crippen molar-refractivity contribution in [2.45, 2.75) is 17.4 Å². The van der Waals surface area contributed by atoms with E-state index in [0.717, 1.165) is 12.3 Å². The average Bonchev–Trinajstić information content (AvgIpc) is 2.56. The fourth-order valence-electron chi connectivity index (χ4n) is 1.90. The van der Waals surface area contributed by atoms with Crippen LogP contribution in [-0.2, 0) is 14.6 Å². The maximum Gasteiger partial charge on any atom is 0.228 e. The first-order valence-corrected chi connectivity index (χ1v) is 7.24. The molecule has 0 spiro atoms. The van der Waals surface area contributed by atoms with Gasteiger partial charge in [-0.3, -0.25) is 4.79 Å². The second kappa shape index (κ2) is 4.33. The van der Waals surface area contributed by atoms with E-state index in [2.05, 4.69) is 0 Å². The van der Waals surface area contributed by atoms with Crippen LogP contribution in [0, 0.1) is 5.82 Å². The number of amides is 1. The van der Waals surface area contributed by atoms with Crippen molar-refractivity contribution in [1.82, 2.24) is 0 Å². The van der Waals surface area contributed by atoms with Gasteiger partial charge in [-0.2, -0.15) is 0 Å². The zero-order chi connectivity index (χ0) is 13.5. The summed E-state index contributed by atoms with van der Waals surface area (Å²) in [5.74, 6) is -0.933. The number of carbonyl (C=O) groups excluding carboxylic acids is 1. The smallest absolute Gasteiger partial charge is 0.228 e. The number of sulfone groups is 1. The maximum atomic E-state index is 13.7. The SMILES string of the molecule is CS(=O)(=O)c1ccc(F)c(N2CC(N)CC2=O)c1. The van der Waals surface area contributed by atoms with E-state index in [0.29, 0.717) is 0 Å². The molecule has 1 saturated heterocycles. The van der Waals surface area contributed by atoms with Gasteiger partial charge in [0.05, 0.1) is 10.6 Å². The summed E-state index contributed by atoms with van der Waals surface area (Å²) >= 11 is 0. The third-order valence-corrected chi connectivity index (χ3v) is 3.90.